The fraction of sp³-hybridized carbons (Fsp3) is 0.487. The molecule has 2 aromatic rings. The highest BCUT2D eigenvalue weighted by molar-refractivity contribution is 5.99. The average molecular weight is 670 g/mol. The summed E-state index contributed by atoms with van der Waals surface area (Å²) in [6.45, 7) is 6.04. The first kappa shape index (κ1) is 34.6. The minimum atomic E-state index is -1.49. The number of carbonyl (C=O) groups is 4. The van der Waals surface area contributed by atoms with E-state index in [9.17, 15) is 24.3 Å². The first-order valence-electron chi connectivity index (χ1n) is 17.4. The first-order chi connectivity index (χ1) is 23.6. The summed E-state index contributed by atoms with van der Waals surface area (Å²) in [5, 5.41) is 10.7. The lowest BCUT2D eigenvalue weighted by Gasteiger charge is -2.40. The third kappa shape index (κ3) is 6.21. The molecule has 10 heteroatoms. The number of cyclic esters (lactones) is 1. The van der Waals surface area contributed by atoms with Gasteiger partial charge in [-0.1, -0.05) is 105 Å². The van der Waals surface area contributed by atoms with E-state index in [0.29, 0.717) is 19.4 Å². The molecule has 260 valence electrons. The Bertz CT molecular complexity index is 1600. The van der Waals surface area contributed by atoms with Gasteiger partial charge in [0.25, 0.3) is 0 Å². The normalized spacial score (nSPS) is 32.3. The largest absolute Gasteiger partial charge is 0.455 e. The molecule has 2 aromatic carbocycles. The molecule has 0 aliphatic carbocycles. The highest BCUT2D eigenvalue weighted by Crippen LogP contribution is 2.54. The fourth-order valence-electron chi connectivity index (χ4n) is 7.99. The number of hydrogen-bond acceptors (Lipinski definition) is 7. The van der Waals surface area contributed by atoms with Crippen LogP contribution in [-0.4, -0.2) is 93.5 Å². The summed E-state index contributed by atoms with van der Waals surface area (Å²) in [7, 11) is 1.71. The number of benzene rings is 2. The van der Waals surface area contributed by atoms with Gasteiger partial charge in [0.2, 0.25) is 17.7 Å². The number of rotatable bonds is 7. The Balaban J connectivity index is 1.46. The number of esters is 1. The maximum atomic E-state index is 14.9. The molecule has 2 saturated heterocycles. The number of likely N-dealkylation sites (tertiary alicyclic amines) is 1. The molecule has 6 rings (SSSR count). The topological polar surface area (TPSA) is 117 Å². The molecule has 2 fully saturated rings. The van der Waals surface area contributed by atoms with Crippen LogP contribution in [-0.2, 0) is 35.2 Å². The summed E-state index contributed by atoms with van der Waals surface area (Å²) in [4.78, 5) is 62.3. The molecule has 0 radical (unpaired) electrons. The van der Waals surface area contributed by atoms with Crippen molar-refractivity contribution in [3.05, 3.63) is 96.1 Å². The number of aliphatic hydroxyl groups excluding tert-OH is 1. The quantitative estimate of drug-likeness (QED) is 0.349. The van der Waals surface area contributed by atoms with Gasteiger partial charge in [-0.2, -0.15) is 0 Å². The summed E-state index contributed by atoms with van der Waals surface area (Å²) in [6.07, 6.45) is 6.82. The Labute approximate surface area is 288 Å². The van der Waals surface area contributed by atoms with Crippen LogP contribution in [0.1, 0.15) is 57.3 Å². The number of amides is 3. The van der Waals surface area contributed by atoms with Crippen LogP contribution in [0, 0.1) is 17.8 Å². The molecular weight excluding hydrogens is 622 g/mol. The van der Waals surface area contributed by atoms with Crippen molar-refractivity contribution in [3.63, 3.8) is 0 Å². The first-order valence-corrected chi connectivity index (χ1v) is 17.4. The van der Waals surface area contributed by atoms with Crippen LogP contribution in [0.15, 0.2) is 85.0 Å². The molecule has 0 unspecified atom stereocenters. The zero-order valence-corrected chi connectivity index (χ0v) is 28.7. The third-order valence-electron chi connectivity index (χ3n) is 11.0. The van der Waals surface area contributed by atoms with Crippen LogP contribution in [0.4, 0.5) is 0 Å². The van der Waals surface area contributed by atoms with Crippen molar-refractivity contribution in [2.45, 2.75) is 82.5 Å². The molecule has 0 bridgehead atoms. The Morgan fingerprint density at radius 2 is 1.67 bits per heavy atom. The van der Waals surface area contributed by atoms with Gasteiger partial charge < -0.3 is 29.3 Å². The van der Waals surface area contributed by atoms with Crippen molar-refractivity contribution in [2.75, 3.05) is 20.2 Å². The smallest absolute Gasteiger partial charge is 0.313 e. The number of aliphatic hydroxyl groups is 1. The van der Waals surface area contributed by atoms with E-state index < -0.39 is 59.6 Å². The number of likely N-dealkylation sites (N-methyl/N-ethyl adjacent to an activating group) is 1. The zero-order chi connectivity index (χ0) is 34.9. The van der Waals surface area contributed by atoms with Gasteiger partial charge in [0.05, 0.1) is 30.7 Å². The lowest BCUT2D eigenvalue weighted by atomic mass is 9.77. The van der Waals surface area contributed by atoms with Crippen molar-refractivity contribution in [1.82, 2.24) is 14.7 Å². The maximum Gasteiger partial charge on any atom is 0.313 e. The fourth-order valence-corrected chi connectivity index (χ4v) is 7.99. The standard InChI is InChI=1S/C39H47N3O7/c1-5-25(2)29(24-43)42-35-37(46)41(23-27-15-8-6-9-16-27)22-14-21-39(35)33(36(42)45)32-30(49-39)19-12-13-20-31(44)40(4)26(3)34(48-38(32)47)28-17-10-7-11-18-28/h6-12,14-19,21,25-26,29-30,32-35,43H,5,13,20,22-24H2,1-4H3/b19-12-/t25-,26+,29-,30+,32-,33-,34-,35+,39-/m0/s1. The van der Waals surface area contributed by atoms with E-state index in [4.69, 9.17) is 9.47 Å². The lowest BCUT2D eigenvalue weighted by molar-refractivity contribution is -0.165. The van der Waals surface area contributed by atoms with Gasteiger partial charge in [0, 0.05) is 26.6 Å². The SMILES string of the molecule is CC[C@H](C)[C@H](CO)N1C(=O)[C@@H]2[C@H]3C(=O)O[C@H](c4ccccc4)[C@@H](C)N(C)C(=O)CC/C=C\[C@H]3O[C@@]23C=CCN(Cc2ccccc2)C(=O)[C@@H]13. The molecular formula is C39H47N3O7. The van der Waals surface area contributed by atoms with Crippen LogP contribution in [0.25, 0.3) is 0 Å². The molecule has 4 heterocycles. The second kappa shape index (κ2) is 14.3. The van der Waals surface area contributed by atoms with Crippen molar-refractivity contribution >= 4 is 23.7 Å². The lowest BCUT2D eigenvalue weighted by Crippen LogP contribution is -2.59. The Kier molecular flexibility index (Phi) is 10.1. The molecule has 4 aliphatic heterocycles. The van der Waals surface area contributed by atoms with Crippen molar-refractivity contribution in [3.8, 4) is 0 Å². The summed E-state index contributed by atoms with van der Waals surface area (Å²) in [6, 6.07) is 16.6. The van der Waals surface area contributed by atoms with Crippen LogP contribution in [0.5, 0.6) is 0 Å². The van der Waals surface area contributed by atoms with Gasteiger partial charge in [-0.05, 0) is 30.4 Å². The minimum Gasteiger partial charge on any atom is -0.455 e. The molecule has 1 N–H and O–H groups in total. The van der Waals surface area contributed by atoms with Gasteiger partial charge in [-0.25, -0.2) is 0 Å². The van der Waals surface area contributed by atoms with Crippen LogP contribution in [0.3, 0.4) is 0 Å². The molecule has 1 spiro atoms. The van der Waals surface area contributed by atoms with E-state index in [2.05, 4.69) is 0 Å². The zero-order valence-electron chi connectivity index (χ0n) is 28.7. The summed E-state index contributed by atoms with van der Waals surface area (Å²) < 4.78 is 13.2. The molecule has 0 aromatic heterocycles. The molecule has 4 aliphatic rings. The van der Waals surface area contributed by atoms with Crippen molar-refractivity contribution < 1.29 is 33.8 Å². The van der Waals surface area contributed by atoms with E-state index in [0.717, 1.165) is 11.1 Å². The van der Waals surface area contributed by atoms with Crippen LogP contribution in [0.2, 0.25) is 0 Å². The molecule has 10 nitrogen and oxygen atoms in total. The van der Waals surface area contributed by atoms with E-state index in [1.165, 1.54) is 4.90 Å². The number of hydrogen-bond donors (Lipinski definition) is 1. The molecule has 49 heavy (non-hydrogen) atoms. The molecule has 0 saturated carbocycles. The number of allylic oxidation sites excluding steroid dienone is 1. The Morgan fingerprint density at radius 3 is 2.35 bits per heavy atom. The predicted molar refractivity (Wildman–Crippen MR) is 182 cm³/mol. The van der Waals surface area contributed by atoms with E-state index in [1.807, 2.05) is 93.6 Å². The van der Waals surface area contributed by atoms with Gasteiger partial charge in [0.15, 0.2) is 0 Å². The van der Waals surface area contributed by atoms with Gasteiger partial charge >= 0.3 is 5.97 Å². The maximum absolute atomic E-state index is 14.9. The van der Waals surface area contributed by atoms with Crippen molar-refractivity contribution in [2.24, 2.45) is 17.8 Å². The van der Waals surface area contributed by atoms with Crippen molar-refractivity contribution in [1.29, 1.82) is 0 Å². The Morgan fingerprint density at radius 1 is 0.980 bits per heavy atom. The van der Waals surface area contributed by atoms with Gasteiger partial charge in [0.1, 0.15) is 23.7 Å². The monoisotopic (exact) mass is 669 g/mol. The summed E-state index contributed by atoms with van der Waals surface area (Å²) in [5.41, 5.74) is 0.171. The molecule has 3 amide bonds. The van der Waals surface area contributed by atoms with E-state index >= 15 is 0 Å². The predicted octanol–water partition coefficient (Wildman–Crippen LogP) is 4.05. The number of nitrogens with zero attached hydrogens (tertiary/aromatic N) is 3. The van der Waals surface area contributed by atoms with Crippen LogP contribution >= 0.6 is 0 Å². The highest BCUT2D eigenvalue weighted by atomic mass is 16.6. The summed E-state index contributed by atoms with van der Waals surface area (Å²) >= 11 is 0. The van der Waals surface area contributed by atoms with Gasteiger partial charge in [-0.15, -0.1) is 0 Å². The van der Waals surface area contributed by atoms with Crippen LogP contribution < -0.4 is 0 Å². The third-order valence-corrected chi connectivity index (χ3v) is 11.0. The number of ether oxygens (including phenoxy) is 2. The highest BCUT2D eigenvalue weighted by Gasteiger charge is 2.72. The second-order valence-electron chi connectivity index (χ2n) is 13.8. The minimum absolute atomic E-state index is 0.0872. The number of carbonyl (C=O) groups excluding carboxylic acids is 4. The van der Waals surface area contributed by atoms with E-state index in [1.54, 1.807) is 29.0 Å². The van der Waals surface area contributed by atoms with E-state index in [-0.39, 0.29) is 37.3 Å². The number of fused-ring (bicyclic) bond motifs is 2. The average Bonchev–Trinajstić information content (AvgIpc) is 3.51. The second-order valence-corrected chi connectivity index (χ2v) is 13.8. The summed E-state index contributed by atoms with van der Waals surface area (Å²) in [5.74, 6) is -3.73. The Hall–Kier alpha value is -4.28. The van der Waals surface area contributed by atoms with Gasteiger partial charge in [-0.3, -0.25) is 19.2 Å². The molecule has 9 atom stereocenters.